The van der Waals surface area contributed by atoms with Crippen molar-refractivity contribution in [1.82, 2.24) is 5.32 Å². The van der Waals surface area contributed by atoms with E-state index in [1.165, 1.54) is 12.8 Å². The number of halogens is 1. The minimum atomic E-state index is -3.28. The molecule has 0 radical (unpaired) electrons. The van der Waals surface area contributed by atoms with E-state index in [1.54, 1.807) is 24.3 Å². The van der Waals surface area contributed by atoms with Crippen molar-refractivity contribution in [2.75, 3.05) is 16.3 Å². The minimum absolute atomic E-state index is 0. The first-order chi connectivity index (χ1) is 10.9. The normalized spacial score (nSPS) is 25.6. The van der Waals surface area contributed by atoms with Gasteiger partial charge in [0.2, 0.25) is 15.9 Å². The highest BCUT2D eigenvalue weighted by Crippen LogP contribution is 2.32. The number of sulfonamides is 1. The van der Waals surface area contributed by atoms with E-state index in [2.05, 4.69) is 15.4 Å². The fourth-order valence-corrected chi connectivity index (χ4v) is 4.22. The summed E-state index contributed by atoms with van der Waals surface area (Å²) in [4.78, 5) is 12.2. The monoisotopic (exact) mass is 373 g/mol. The maximum absolute atomic E-state index is 12.2. The summed E-state index contributed by atoms with van der Waals surface area (Å²) < 4.78 is 24.7. The second-order valence-electron chi connectivity index (χ2n) is 6.68. The topological polar surface area (TPSA) is 87.3 Å². The highest BCUT2D eigenvalue weighted by Gasteiger charge is 2.34. The molecule has 0 spiro atoms. The Kier molecular flexibility index (Phi) is 6.11. The molecule has 2 unspecified atom stereocenters. The van der Waals surface area contributed by atoms with Crippen LogP contribution in [0.1, 0.15) is 32.1 Å². The van der Waals surface area contributed by atoms with E-state index >= 15 is 0 Å². The van der Waals surface area contributed by atoms with Crippen molar-refractivity contribution in [3.8, 4) is 0 Å². The second kappa shape index (κ2) is 7.72. The third-order valence-electron chi connectivity index (χ3n) is 4.52. The molecule has 3 rings (SSSR count). The summed E-state index contributed by atoms with van der Waals surface area (Å²) in [6.45, 7) is 0. The van der Waals surface area contributed by atoms with Crippen molar-refractivity contribution in [1.29, 1.82) is 0 Å². The van der Waals surface area contributed by atoms with Gasteiger partial charge in [0.05, 0.1) is 6.26 Å². The van der Waals surface area contributed by atoms with Crippen LogP contribution in [0.25, 0.3) is 0 Å². The zero-order valence-corrected chi connectivity index (χ0v) is 15.3. The van der Waals surface area contributed by atoms with Crippen LogP contribution in [0.2, 0.25) is 0 Å². The number of fused-ring (bicyclic) bond motifs is 2. The number of amides is 1. The molecule has 2 saturated heterocycles. The van der Waals surface area contributed by atoms with E-state index in [1.807, 2.05) is 0 Å². The van der Waals surface area contributed by atoms with Crippen LogP contribution in [0.15, 0.2) is 24.3 Å². The van der Waals surface area contributed by atoms with Gasteiger partial charge in [-0.05, 0) is 55.9 Å². The fourth-order valence-electron chi connectivity index (χ4n) is 3.65. The number of piperidine rings is 1. The van der Waals surface area contributed by atoms with E-state index in [4.69, 9.17) is 0 Å². The SMILES string of the molecule is CS(=O)(=O)Nc1ccc(NC(=O)CC2CC3CCC(C2)N3)cc1.Cl. The van der Waals surface area contributed by atoms with Crippen LogP contribution in [0.3, 0.4) is 0 Å². The smallest absolute Gasteiger partial charge is 0.229 e. The fraction of sp³-hybridized carbons (Fsp3) is 0.562. The number of anilines is 2. The molecule has 0 aliphatic carbocycles. The van der Waals surface area contributed by atoms with Gasteiger partial charge >= 0.3 is 0 Å². The molecule has 2 fully saturated rings. The quantitative estimate of drug-likeness (QED) is 0.739. The number of benzene rings is 1. The summed E-state index contributed by atoms with van der Waals surface area (Å²) in [5.41, 5.74) is 1.17. The molecule has 2 heterocycles. The van der Waals surface area contributed by atoms with E-state index in [0.29, 0.717) is 35.8 Å². The van der Waals surface area contributed by atoms with Gasteiger partial charge in [0.25, 0.3) is 0 Å². The van der Waals surface area contributed by atoms with E-state index in [-0.39, 0.29) is 18.3 Å². The molecule has 2 bridgehead atoms. The Morgan fingerprint density at radius 3 is 2.21 bits per heavy atom. The molecule has 6 nitrogen and oxygen atoms in total. The zero-order chi connectivity index (χ0) is 16.4. The maximum atomic E-state index is 12.2. The molecule has 1 aromatic carbocycles. The molecule has 24 heavy (non-hydrogen) atoms. The first-order valence-corrected chi connectivity index (χ1v) is 9.90. The van der Waals surface area contributed by atoms with Crippen LogP contribution in [0.4, 0.5) is 11.4 Å². The first kappa shape index (κ1) is 19.0. The Morgan fingerprint density at radius 1 is 1.12 bits per heavy atom. The van der Waals surface area contributed by atoms with Crippen LogP contribution < -0.4 is 15.4 Å². The summed E-state index contributed by atoms with van der Waals surface area (Å²) in [5, 5.41) is 6.47. The molecule has 0 aromatic heterocycles. The molecule has 2 atom stereocenters. The van der Waals surface area contributed by atoms with Crippen LogP contribution in [0.5, 0.6) is 0 Å². The Morgan fingerprint density at radius 2 is 1.67 bits per heavy atom. The summed E-state index contributed by atoms with van der Waals surface area (Å²) in [5.74, 6) is 0.486. The first-order valence-electron chi connectivity index (χ1n) is 8.01. The number of hydrogen-bond acceptors (Lipinski definition) is 4. The van der Waals surface area contributed by atoms with Gasteiger partial charge in [0, 0.05) is 29.9 Å². The molecular weight excluding hydrogens is 350 g/mol. The maximum Gasteiger partial charge on any atom is 0.229 e. The lowest BCUT2D eigenvalue weighted by Gasteiger charge is -2.28. The van der Waals surface area contributed by atoms with Gasteiger partial charge in [0.15, 0.2) is 0 Å². The molecule has 2 aliphatic rings. The predicted molar refractivity (Wildman–Crippen MR) is 98.1 cm³/mol. The van der Waals surface area contributed by atoms with E-state index in [9.17, 15) is 13.2 Å². The van der Waals surface area contributed by atoms with Gasteiger partial charge in [-0.15, -0.1) is 12.4 Å². The van der Waals surface area contributed by atoms with Gasteiger partial charge < -0.3 is 10.6 Å². The standard InChI is InChI=1S/C16H23N3O3S.ClH/c1-23(21,22)19-13-4-2-12(3-5-13)18-16(20)10-11-8-14-6-7-15(9-11)17-14;/h2-5,11,14-15,17,19H,6-10H2,1H3,(H,18,20);1H. The minimum Gasteiger partial charge on any atom is -0.326 e. The predicted octanol–water partition coefficient (Wildman–Crippen LogP) is 2.34. The van der Waals surface area contributed by atoms with Crippen molar-refractivity contribution in [2.24, 2.45) is 5.92 Å². The van der Waals surface area contributed by atoms with Gasteiger partial charge in [-0.25, -0.2) is 8.42 Å². The average Bonchev–Trinajstić information content (AvgIpc) is 2.78. The second-order valence-corrected chi connectivity index (χ2v) is 8.43. The molecule has 1 aromatic rings. The third-order valence-corrected chi connectivity index (χ3v) is 5.12. The summed E-state index contributed by atoms with van der Waals surface area (Å²) in [6, 6.07) is 7.87. The number of hydrogen-bond donors (Lipinski definition) is 3. The molecule has 0 saturated carbocycles. The average molecular weight is 374 g/mol. The molecule has 1 amide bonds. The Balaban J connectivity index is 0.00000208. The summed E-state index contributed by atoms with van der Waals surface area (Å²) >= 11 is 0. The van der Waals surface area contributed by atoms with E-state index in [0.717, 1.165) is 19.1 Å². The van der Waals surface area contributed by atoms with Crippen molar-refractivity contribution < 1.29 is 13.2 Å². The third kappa shape index (κ3) is 5.36. The largest absolute Gasteiger partial charge is 0.326 e. The molecule has 3 N–H and O–H groups in total. The number of carbonyl (C=O) groups is 1. The molecule has 8 heteroatoms. The van der Waals surface area contributed by atoms with E-state index < -0.39 is 10.0 Å². The number of rotatable bonds is 5. The molecule has 2 aliphatic heterocycles. The lowest BCUT2D eigenvalue weighted by atomic mass is 9.89. The van der Waals surface area contributed by atoms with Crippen molar-refractivity contribution in [3.63, 3.8) is 0 Å². The van der Waals surface area contributed by atoms with Crippen molar-refractivity contribution >= 4 is 39.7 Å². The molecule has 134 valence electrons. The molecular formula is C16H24ClN3O3S. The van der Waals surface area contributed by atoms with Gasteiger partial charge in [-0.2, -0.15) is 0 Å². The zero-order valence-electron chi connectivity index (χ0n) is 13.6. The van der Waals surface area contributed by atoms with Crippen molar-refractivity contribution in [3.05, 3.63) is 24.3 Å². The Hall–Kier alpha value is -1.31. The Bertz CT molecular complexity index is 666. The van der Waals surface area contributed by atoms with Crippen LogP contribution in [-0.2, 0) is 14.8 Å². The number of carbonyl (C=O) groups excluding carboxylic acids is 1. The number of nitrogens with one attached hydrogen (secondary N) is 3. The summed E-state index contributed by atoms with van der Waals surface area (Å²) in [6.07, 6.45) is 6.30. The van der Waals surface area contributed by atoms with Gasteiger partial charge in [0.1, 0.15) is 0 Å². The van der Waals surface area contributed by atoms with Crippen molar-refractivity contribution in [2.45, 2.75) is 44.2 Å². The summed E-state index contributed by atoms with van der Waals surface area (Å²) in [7, 11) is -3.28. The lowest BCUT2D eigenvalue weighted by molar-refractivity contribution is -0.117. The van der Waals surface area contributed by atoms with Gasteiger partial charge in [-0.3, -0.25) is 9.52 Å². The highest BCUT2D eigenvalue weighted by molar-refractivity contribution is 7.92. The van der Waals surface area contributed by atoms with Crippen LogP contribution in [-0.4, -0.2) is 32.7 Å². The van der Waals surface area contributed by atoms with Crippen LogP contribution >= 0.6 is 12.4 Å². The Labute approximate surface area is 149 Å². The van der Waals surface area contributed by atoms with Gasteiger partial charge in [-0.1, -0.05) is 0 Å². The van der Waals surface area contributed by atoms with Crippen LogP contribution in [0, 0.1) is 5.92 Å². The highest BCUT2D eigenvalue weighted by atomic mass is 35.5. The lowest BCUT2D eigenvalue weighted by Crippen LogP contribution is -2.39.